The molecule has 2 aliphatic rings. The highest BCUT2D eigenvalue weighted by Crippen LogP contribution is 2.56. The molecule has 6 unspecified atom stereocenters. The Balaban J connectivity index is 1.28. The number of alkyl halides is 1. The quantitative estimate of drug-likeness (QED) is 0.0803. The Morgan fingerprint density at radius 1 is 1.17 bits per heavy atom. The molecule has 0 aliphatic carbocycles. The van der Waals surface area contributed by atoms with Gasteiger partial charge in [0, 0.05) is 27.0 Å². The fraction of sp³-hybridized carbons (Fsp3) is 0.545. The van der Waals surface area contributed by atoms with Crippen molar-refractivity contribution in [2.24, 2.45) is 0 Å². The molecule has 2 saturated heterocycles. The zero-order valence-electron chi connectivity index (χ0n) is 24.1. The maximum absolute atomic E-state index is 15.1. The van der Waals surface area contributed by atoms with E-state index in [1.165, 1.54) is 35.6 Å². The lowest BCUT2D eigenvalue weighted by molar-refractivity contribution is -0.0347. The fourth-order valence-electron chi connectivity index (χ4n) is 4.89. The van der Waals surface area contributed by atoms with E-state index in [4.69, 9.17) is 50.8 Å². The predicted molar refractivity (Wildman–Crippen MR) is 171 cm³/mol. The topological polar surface area (TPSA) is 234 Å². The summed E-state index contributed by atoms with van der Waals surface area (Å²) in [7, 11) is 2.80. The number of ether oxygens (including phenoxy) is 2. The van der Waals surface area contributed by atoms with Crippen molar-refractivity contribution in [2.45, 2.75) is 54.7 Å². The Hall–Kier alpha value is -2.07. The number of hydrogen-bond donors (Lipinski definition) is 4. The molecular formula is C22H30FN9O9P2S3. The van der Waals surface area contributed by atoms with Crippen molar-refractivity contribution < 1.29 is 46.2 Å². The average molecular weight is 742 g/mol. The number of carbonyl (C=O) groups is 1. The predicted octanol–water partition coefficient (Wildman–Crippen LogP) is 2.26. The molecule has 3 aromatic rings. The van der Waals surface area contributed by atoms with E-state index in [0.717, 1.165) is 11.8 Å². The minimum Gasteiger partial charge on any atom is -0.383 e. The largest absolute Gasteiger partial charge is 0.386 e. The maximum Gasteiger partial charge on any atom is 0.386 e. The number of thiol groups is 1. The fourth-order valence-corrected chi connectivity index (χ4v) is 7.61. The van der Waals surface area contributed by atoms with Gasteiger partial charge < -0.3 is 39.8 Å². The third kappa shape index (κ3) is 7.96. The molecule has 5 N–H and O–H groups in total. The van der Waals surface area contributed by atoms with Crippen LogP contribution in [-0.4, -0.2) is 98.1 Å². The van der Waals surface area contributed by atoms with E-state index in [-0.39, 0.29) is 48.4 Å². The summed E-state index contributed by atoms with van der Waals surface area (Å²) in [6.07, 6.45) is -2.32. The van der Waals surface area contributed by atoms with Gasteiger partial charge in [-0.1, -0.05) is 12.2 Å². The highest BCUT2D eigenvalue weighted by atomic mass is 32.7. The molecule has 0 bridgehead atoms. The number of aromatic nitrogens is 6. The zero-order valence-corrected chi connectivity index (χ0v) is 28.5. The first-order valence-electron chi connectivity index (χ1n) is 13.3. The number of fused-ring (bicyclic) bond motifs is 1. The van der Waals surface area contributed by atoms with Crippen molar-refractivity contribution in [3.8, 4) is 0 Å². The maximum atomic E-state index is 15.1. The van der Waals surface area contributed by atoms with Crippen LogP contribution in [0.5, 0.6) is 0 Å². The van der Waals surface area contributed by atoms with Gasteiger partial charge in [0.1, 0.15) is 42.1 Å². The van der Waals surface area contributed by atoms with Gasteiger partial charge >= 0.3 is 13.5 Å². The van der Waals surface area contributed by atoms with Crippen molar-refractivity contribution in [1.82, 2.24) is 29.5 Å². The van der Waals surface area contributed by atoms with E-state index in [1.807, 2.05) is 0 Å². The molecule has 18 nitrogen and oxygen atoms in total. The SMILES string of the molecule is COP(O)(=S)OCC1C[C@@H](OP(=O)(S)OCC2C[C@@H](F)C(n3cnc4c(N)ncnc43)O2)C(N(C)c2ncnc(N)c2SC=O)O1. The molecule has 8 atom stereocenters. The summed E-state index contributed by atoms with van der Waals surface area (Å²) in [5.74, 6) is 0.414. The van der Waals surface area contributed by atoms with E-state index in [0.29, 0.717) is 16.8 Å². The molecule has 24 heteroatoms. The minimum atomic E-state index is -4.14. The summed E-state index contributed by atoms with van der Waals surface area (Å²) in [6, 6.07) is 0. The molecule has 5 rings (SSSR count). The first kappa shape index (κ1) is 35.2. The second-order valence-electron chi connectivity index (χ2n) is 9.96. The standard InChI is InChI=1S/C22H30FN9O9P2S3/c1-31(20-16(46-10-33)18(25)27-8-29-20)22-14(4-12(40-22)6-37-42(34,44)36-2)41-43(35,45)38-5-11-3-13(23)21(39-11)32-9-30-15-17(24)26-7-28-19(15)32/h7-14,21-22H,3-6H2,1-2H3,(H,34,44)(H,35,45)(H2,24,26,28)(H2,25,27,29)/t11?,12?,13-,14-,21?,22?,42?,43?/m1/s1. The molecule has 0 aromatic carbocycles. The lowest BCUT2D eigenvalue weighted by Crippen LogP contribution is -2.41. The van der Waals surface area contributed by atoms with Crippen LogP contribution in [0.25, 0.3) is 11.2 Å². The number of hydrogen-bond acceptors (Lipinski definition) is 18. The van der Waals surface area contributed by atoms with E-state index < -0.39 is 50.5 Å². The molecule has 2 aliphatic heterocycles. The number of anilines is 3. The third-order valence-corrected chi connectivity index (χ3v) is 11.0. The Morgan fingerprint density at radius 2 is 1.87 bits per heavy atom. The monoisotopic (exact) mass is 741 g/mol. The van der Waals surface area contributed by atoms with Gasteiger partial charge in [-0.15, -0.1) is 0 Å². The molecule has 5 heterocycles. The summed E-state index contributed by atoms with van der Waals surface area (Å²) >= 11 is 9.81. The molecule has 252 valence electrons. The molecule has 0 amide bonds. The van der Waals surface area contributed by atoms with Crippen LogP contribution in [0.4, 0.5) is 21.8 Å². The average Bonchev–Trinajstić information content (AvgIpc) is 3.72. The Bertz CT molecular complexity index is 1660. The van der Waals surface area contributed by atoms with Crippen LogP contribution < -0.4 is 16.4 Å². The first-order valence-corrected chi connectivity index (χ1v) is 19.5. The smallest absolute Gasteiger partial charge is 0.383 e. The summed E-state index contributed by atoms with van der Waals surface area (Å²) in [5, 5.41) is 0. The zero-order chi connectivity index (χ0) is 33.2. The van der Waals surface area contributed by atoms with Crippen LogP contribution in [0.3, 0.4) is 0 Å². The molecule has 0 spiro atoms. The normalized spacial score (nSPS) is 27.4. The van der Waals surface area contributed by atoms with Crippen LogP contribution in [-0.2, 0) is 48.7 Å². The van der Waals surface area contributed by atoms with Gasteiger partial charge in [-0.3, -0.25) is 18.4 Å². The van der Waals surface area contributed by atoms with Crippen LogP contribution in [0, 0.1) is 0 Å². The van der Waals surface area contributed by atoms with Gasteiger partial charge in [0.15, 0.2) is 29.5 Å². The van der Waals surface area contributed by atoms with Gasteiger partial charge in [0.25, 0.3) is 0 Å². The van der Waals surface area contributed by atoms with Gasteiger partial charge in [0.2, 0.25) is 0 Å². The third-order valence-electron chi connectivity index (χ3n) is 6.98. The van der Waals surface area contributed by atoms with Crippen molar-refractivity contribution >= 4 is 83.6 Å². The Morgan fingerprint density at radius 3 is 2.61 bits per heavy atom. The van der Waals surface area contributed by atoms with Gasteiger partial charge in [-0.05, 0) is 23.6 Å². The van der Waals surface area contributed by atoms with Crippen LogP contribution in [0.2, 0.25) is 0 Å². The highest BCUT2D eigenvalue weighted by Gasteiger charge is 2.45. The molecule has 0 saturated carbocycles. The highest BCUT2D eigenvalue weighted by molar-refractivity contribution is 8.44. The molecular weight excluding hydrogens is 711 g/mol. The number of nitrogen functional groups attached to an aromatic ring is 2. The van der Waals surface area contributed by atoms with E-state index in [9.17, 15) is 14.3 Å². The summed E-state index contributed by atoms with van der Waals surface area (Å²) in [5.41, 5.74) is 13.0. The van der Waals surface area contributed by atoms with E-state index in [2.05, 4.69) is 37.2 Å². The Labute approximate surface area is 276 Å². The summed E-state index contributed by atoms with van der Waals surface area (Å²) in [4.78, 5) is 43.4. The van der Waals surface area contributed by atoms with Crippen LogP contribution in [0.1, 0.15) is 19.1 Å². The molecule has 3 aromatic heterocycles. The number of carbonyl (C=O) groups excluding carboxylic acids is 1. The number of nitrogens with two attached hydrogens (primary N) is 2. The second-order valence-corrected chi connectivity index (χ2v) is 16.6. The summed E-state index contributed by atoms with van der Waals surface area (Å²) in [6.45, 7) is -8.18. The summed E-state index contributed by atoms with van der Waals surface area (Å²) < 4.78 is 63.5. The van der Waals surface area contributed by atoms with E-state index in [1.54, 1.807) is 7.05 Å². The minimum absolute atomic E-state index is 0.0502. The number of thioether (sulfide) groups is 1. The van der Waals surface area contributed by atoms with E-state index >= 15 is 4.39 Å². The van der Waals surface area contributed by atoms with Crippen molar-refractivity contribution in [1.29, 1.82) is 0 Å². The van der Waals surface area contributed by atoms with Crippen LogP contribution in [0.15, 0.2) is 23.9 Å². The number of imidazole rings is 1. The number of halogens is 1. The van der Waals surface area contributed by atoms with Crippen LogP contribution >= 0.6 is 37.5 Å². The Kier molecular flexibility index (Phi) is 11.2. The van der Waals surface area contributed by atoms with Crippen molar-refractivity contribution in [3.63, 3.8) is 0 Å². The number of rotatable bonds is 14. The van der Waals surface area contributed by atoms with Gasteiger partial charge in [-0.25, -0.2) is 33.9 Å². The van der Waals surface area contributed by atoms with Gasteiger partial charge in [0.05, 0.1) is 36.6 Å². The molecule has 0 radical (unpaired) electrons. The number of nitrogens with zero attached hydrogens (tertiary/aromatic N) is 7. The van der Waals surface area contributed by atoms with Crippen molar-refractivity contribution in [3.05, 3.63) is 19.0 Å². The van der Waals surface area contributed by atoms with Gasteiger partial charge in [-0.2, -0.15) is 0 Å². The molecule has 46 heavy (non-hydrogen) atoms. The first-order chi connectivity index (χ1) is 21.8. The lowest BCUT2D eigenvalue weighted by Gasteiger charge is -2.31. The molecule has 2 fully saturated rings. The second kappa shape index (κ2) is 14.6. The number of likely N-dealkylation sites (N-methyl/N-ethyl adjacent to an activating group) is 1. The lowest BCUT2D eigenvalue weighted by atomic mass is 10.2. The van der Waals surface area contributed by atoms with Crippen molar-refractivity contribution in [2.75, 3.05) is 43.7 Å².